The molecule has 1 aliphatic rings. The number of benzene rings is 1. The van der Waals surface area contributed by atoms with Gasteiger partial charge in [-0.25, -0.2) is 8.78 Å². The average Bonchev–Trinajstić information content (AvgIpc) is 2.76. The fourth-order valence-electron chi connectivity index (χ4n) is 2.69. The fraction of sp³-hybridized carbons (Fsp3) is 0.600. The van der Waals surface area contributed by atoms with Gasteiger partial charge in [-0.15, -0.1) is 0 Å². The van der Waals surface area contributed by atoms with Gasteiger partial charge in [0, 0.05) is 18.2 Å². The molecule has 2 rings (SSSR count). The van der Waals surface area contributed by atoms with Gasteiger partial charge in [0.1, 0.15) is 11.6 Å². The van der Waals surface area contributed by atoms with E-state index >= 15 is 0 Å². The molecule has 0 aromatic heterocycles. The summed E-state index contributed by atoms with van der Waals surface area (Å²) in [5.41, 5.74) is 0.662. The fourth-order valence-corrected chi connectivity index (χ4v) is 2.69. The second-order valence-corrected chi connectivity index (χ2v) is 5.51. The molecule has 106 valence electrons. The van der Waals surface area contributed by atoms with E-state index in [9.17, 15) is 13.9 Å². The third-order valence-electron chi connectivity index (χ3n) is 4.05. The average molecular weight is 269 g/mol. The van der Waals surface area contributed by atoms with Gasteiger partial charge < -0.3 is 10.4 Å². The zero-order chi connectivity index (χ0) is 14.0. The number of aliphatic hydroxyl groups is 1. The minimum absolute atomic E-state index is 0.223. The molecule has 1 aromatic rings. The third-order valence-corrected chi connectivity index (χ3v) is 4.05. The van der Waals surface area contributed by atoms with Crippen LogP contribution in [-0.2, 0) is 0 Å². The number of hydrogen-bond donors (Lipinski definition) is 2. The Bertz CT molecular complexity index is 450. The molecule has 1 fully saturated rings. The normalized spacial score (nSPS) is 24.7. The molecule has 0 saturated heterocycles. The number of aliphatic hydroxyl groups excluding tert-OH is 1. The number of halogens is 2. The van der Waals surface area contributed by atoms with Crippen LogP contribution in [0.2, 0.25) is 0 Å². The Labute approximate surface area is 112 Å². The Hall–Kier alpha value is -1.00. The van der Waals surface area contributed by atoms with Crippen LogP contribution < -0.4 is 5.32 Å². The van der Waals surface area contributed by atoms with Crippen molar-refractivity contribution in [2.24, 2.45) is 5.92 Å². The van der Waals surface area contributed by atoms with Gasteiger partial charge in [-0.1, -0.05) is 6.42 Å². The second kappa shape index (κ2) is 5.97. The maximum atomic E-state index is 13.8. The summed E-state index contributed by atoms with van der Waals surface area (Å²) < 4.78 is 27.3. The summed E-state index contributed by atoms with van der Waals surface area (Å²) in [7, 11) is 0. The van der Waals surface area contributed by atoms with Gasteiger partial charge in [-0.2, -0.15) is 0 Å². The largest absolute Gasteiger partial charge is 0.393 e. The second-order valence-electron chi connectivity index (χ2n) is 5.51. The summed E-state index contributed by atoms with van der Waals surface area (Å²) >= 11 is 0. The highest BCUT2D eigenvalue weighted by Gasteiger charge is 2.25. The van der Waals surface area contributed by atoms with Gasteiger partial charge in [0.25, 0.3) is 0 Å². The molecule has 0 spiro atoms. The zero-order valence-electron chi connectivity index (χ0n) is 11.4. The van der Waals surface area contributed by atoms with Crippen LogP contribution >= 0.6 is 0 Å². The maximum absolute atomic E-state index is 13.8. The lowest BCUT2D eigenvalue weighted by Crippen LogP contribution is -2.30. The van der Waals surface area contributed by atoms with Crippen LogP contribution in [0.1, 0.15) is 43.4 Å². The molecule has 0 aliphatic heterocycles. The van der Waals surface area contributed by atoms with E-state index in [1.54, 1.807) is 6.92 Å². The Morgan fingerprint density at radius 1 is 1.32 bits per heavy atom. The van der Waals surface area contributed by atoms with E-state index in [-0.39, 0.29) is 29.7 Å². The lowest BCUT2D eigenvalue weighted by atomic mass is 10.0. The van der Waals surface area contributed by atoms with Crippen LogP contribution in [0.3, 0.4) is 0 Å². The van der Waals surface area contributed by atoms with Crippen molar-refractivity contribution in [3.05, 3.63) is 34.9 Å². The van der Waals surface area contributed by atoms with Crippen LogP contribution in [0.5, 0.6) is 0 Å². The predicted octanol–water partition coefficient (Wildman–Crippen LogP) is 3.08. The van der Waals surface area contributed by atoms with Gasteiger partial charge >= 0.3 is 0 Å². The first-order valence-electron chi connectivity index (χ1n) is 6.86. The molecule has 4 heteroatoms. The molecule has 0 heterocycles. The standard InChI is InChI=1S/C15H21F2NO/c1-9-6-14(17)12(7-13(9)16)10(2)18-8-11-4-3-5-15(11)19/h6-7,10-11,15,18-19H,3-5,8H2,1-2H3. The van der Waals surface area contributed by atoms with Gasteiger partial charge in [0.05, 0.1) is 6.10 Å². The van der Waals surface area contributed by atoms with E-state index in [2.05, 4.69) is 5.32 Å². The lowest BCUT2D eigenvalue weighted by molar-refractivity contribution is 0.130. The van der Waals surface area contributed by atoms with Crippen molar-refractivity contribution in [3.8, 4) is 0 Å². The first-order valence-corrected chi connectivity index (χ1v) is 6.86. The molecule has 2 N–H and O–H groups in total. The highest BCUT2D eigenvalue weighted by molar-refractivity contribution is 5.27. The molecule has 0 amide bonds. The van der Waals surface area contributed by atoms with E-state index < -0.39 is 0 Å². The minimum atomic E-state index is -0.383. The molecule has 19 heavy (non-hydrogen) atoms. The summed E-state index contributed by atoms with van der Waals surface area (Å²) in [4.78, 5) is 0. The van der Waals surface area contributed by atoms with Crippen molar-refractivity contribution in [1.29, 1.82) is 0 Å². The molecular formula is C15H21F2NO. The monoisotopic (exact) mass is 269 g/mol. The topological polar surface area (TPSA) is 32.3 Å². The Morgan fingerprint density at radius 2 is 2.05 bits per heavy atom. The molecular weight excluding hydrogens is 248 g/mol. The number of nitrogens with one attached hydrogen (secondary N) is 1. The highest BCUT2D eigenvalue weighted by Crippen LogP contribution is 2.26. The predicted molar refractivity (Wildman–Crippen MR) is 70.9 cm³/mol. The SMILES string of the molecule is Cc1cc(F)c(C(C)NCC2CCCC2O)cc1F. The molecule has 1 saturated carbocycles. The van der Waals surface area contributed by atoms with E-state index in [1.807, 2.05) is 6.92 Å². The maximum Gasteiger partial charge on any atom is 0.128 e. The summed E-state index contributed by atoms with van der Waals surface area (Å²) in [6.07, 6.45) is 2.61. The molecule has 3 unspecified atom stereocenters. The lowest BCUT2D eigenvalue weighted by Gasteiger charge is -2.20. The van der Waals surface area contributed by atoms with Crippen molar-refractivity contribution in [3.63, 3.8) is 0 Å². The summed E-state index contributed by atoms with van der Waals surface area (Å²) in [5.74, 6) is -0.544. The van der Waals surface area contributed by atoms with E-state index in [0.29, 0.717) is 17.7 Å². The van der Waals surface area contributed by atoms with Crippen molar-refractivity contribution in [2.45, 2.75) is 45.3 Å². The molecule has 2 nitrogen and oxygen atoms in total. The van der Waals surface area contributed by atoms with Gasteiger partial charge in [-0.3, -0.25) is 0 Å². The molecule has 1 aliphatic carbocycles. The van der Waals surface area contributed by atoms with Crippen LogP contribution in [0.4, 0.5) is 8.78 Å². The van der Waals surface area contributed by atoms with E-state index in [1.165, 1.54) is 12.1 Å². The summed E-state index contributed by atoms with van der Waals surface area (Å²) in [6.45, 7) is 4.00. The molecule has 1 aromatic carbocycles. The Kier molecular flexibility index (Phi) is 4.53. The number of hydrogen-bond acceptors (Lipinski definition) is 2. The molecule has 0 bridgehead atoms. The van der Waals surface area contributed by atoms with Crippen molar-refractivity contribution >= 4 is 0 Å². The van der Waals surface area contributed by atoms with Gasteiger partial charge in [0.15, 0.2) is 0 Å². The summed E-state index contributed by atoms with van der Waals surface area (Å²) in [5, 5.41) is 12.9. The van der Waals surface area contributed by atoms with E-state index in [4.69, 9.17) is 0 Å². The third kappa shape index (κ3) is 3.31. The zero-order valence-corrected chi connectivity index (χ0v) is 11.4. The Balaban J connectivity index is 1.99. The van der Waals surface area contributed by atoms with Gasteiger partial charge in [0.2, 0.25) is 0 Å². The van der Waals surface area contributed by atoms with Crippen LogP contribution in [0.15, 0.2) is 12.1 Å². The molecule has 3 atom stereocenters. The number of rotatable bonds is 4. The van der Waals surface area contributed by atoms with Crippen molar-refractivity contribution in [2.75, 3.05) is 6.54 Å². The smallest absolute Gasteiger partial charge is 0.128 e. The molecule has 0 radical (unpaired) electrons. The van der Waals surface area contributed by atoms with Crippen LogP contribution in [-0.4, -0.2) is 17.8 Å². The Morgan fingerprint density at radius 3 is 2.68 bits per heavy atom. The number of aryl methyl sites for hydroxylation is 1. The van der Waals surface area contributed by atoms with Crippen molar-refractivity contribution < 1.29 is 13.9 Å². The van der Waals surface area contributed by atoms with Gasteiger partial charge in [-0.05, 0) is 50.3 Å². The van der Waals surface area contributed by atoms with Crippen LogP contribution in [0.25, 0.3) is 0 Å². The van der Waals surface area contributed by atoms with E-state index in [0.717, 1.165) is 19.3 Å². The highest BCUT2D eigenvalue weighted by atomic mass is 19.1. The first kappa shape index (κ1) is 14.4. The van der Waals surface area contributed by atoms with Crippen LogP contribution in [0, 0.1) is 24.5 Å². The minimum Gasteiger partial charge on any atom is -0.393 e. The first-order chi connectivity index (χ1) is 8.99. The van der Waals surface area contributed by atoms with Crippen molar-refractivity contribution in [1.82, 2.24) is 5.32 Å². The summed E-state index contributed by atoms with van der Waals surface area (Å²) in [6, 6.07) is 2.23. The quantitative estimate of drug-likeness (QED) is 0.880.